The summed E-state index contributed by atoms with van der Waals surface area (Å²) in [6.07, 6.45) is 3.71. The van der Waals surface area contributed by atoms with Crippen LogP contribution >= 0.6 is 0 Å². The predicted octanol–water partition coefficient (Wildman–Crippen LogP) is 3.14. The molecule has 2 atom stereocenters. The number of rotatable bonds is 5. The highest BCUT2D eigenvalue weighted by Crippen LogP contribution is 2.22. The van der Waals surface area contributed by atoms with E-state index >= 15 is 0 Å². The number of anilines is 1. The maximum atomic E-state index is 13.1. The van der Waals surface area contributed by atoms with Gasteiger partial charge < -0.3 is 10.2 Å². The van der Waals surface area contributed by atoms with Crippen LogP contribution in [0.4, 0.5) is 10.2 Å². The first-order valence-corrected chi connectivity index (χ1v) is 7.30. The molecule has 0 saturated carbocycles. The third-order valence-corrected chi connectivity index (χ3v) is 3.88. The fourth-order valence-electron chi connectivity index (χ4n) is 2.86. The minimum absolute atomic E-state index is 0.328. The molecule has 2 unspecified atom stereocenters. The molecule has 3 nitrogen and oxygen atoms in total. The minimum atomic E-state index is -0.423. The van der Waals surface area contributed by atoms with Crippen molar-refractivity contribution in [3.05, 3.63) is 24.1 Å². The summed E-state index contributed by atoms with van der Waals surface area (Å²) in [6, 6.07) is 5.22. The van der Waals surface area contributed by atoms with Gasteiger partial charge in [0.15, 0.2) is 0 Å². The van der Waals surface area contributed by atoms with Crippen molar-refractivity contribution >= 4 is 5.82 Å². The molecular formula is C15H24FN3. The summed E-state index contributed by atoms with van der Waals surface area (Å²) in [6.45, 7) is 7.93. The highest BCUT2D eigenvalue weighted by molar-refractivity contribution is 5.34. The van der Waals surface area contributed by atoms with Crippen LogP contribution in [-0.2, 0) is 0 Å². The Hall–Kier alpha value is -1.16. The van der Waals surface area contributed by atoms with Crippen LogP contribution in [0.15, 0.2) is 18.2 Å². The molecule has 2 heterocycles. The summed E-state index contributed by atoms with van der Waals surface area (Å²) in [7, 11) is 0. The SMILES string of the molecule is CCCN1CCCC(C(C)Nc2cccc(F)n2)C1. The van der Waals surface area contributed by atoms with Gasteiger partial charge in [0, 0.05) is 12.6 Å². The van der Waals surface area contributed by atoms with Crippen LogP contribution in [0.1, 0.15) is 33.1 Å². The molecule has 4 heteroatoms. The van der Waals surface area contributed by atoms with Gasteiger partial charge in [-0.3, -0.25) is 0 Å². The van der Waals surface area contributed by atoms with E-state index in [2.05, 4.69) is 29.0 Å². The molecule has 0 radical (unpaired) electrons. The molecule has 1 aliphatic rings. The Morgan fingerprint density at radius 1 is 1.53 bits per heavy atom. The normalized spacial score (nSPS) is 22.2. The number of halogens is 1. The number of piperidine rings is 1. The monoisotopic (exact) mass is 265 g/mol. The van der Waals surface area contributed by atoms with Gasteiger partial charge in [0.2, 0.25) is 5.95 Å². The smallest absolute Gasteiger partial charge is 0.214 e. The topological polar surface area (TPSA) is 28.2 Å². The molecule has 0 amide bonds. The summed E-state index contributed by atoms with van der Waals surface area (Å²) >= 11 is 0. The highest BCUT2D eigenvalue weighted by Gasteiger charge is 2.24. The van der Waals surface area contributed by atoms with Crippen LogP contribution in [0.25, 0.3) is 0 Å². The fourth-order valence-corrected chi connectivity index (χ4v) is 2.86. The van der Waals surface area contributed by atoms with E-state index in [0.29, 0.717) is 17.8 Å². The van der Waals surface area contributed by atoms with Crippen molar-refractivity contribution in [2.24, 2.45) is 5.92 Å². The van der Waals surface area contributed by atoms with E-state index < -0.39 is 5.95 Å². The molecule has 1 fully saturated rings. The lowest BCUT2D eigenvalue weighted by Gasteiger charge is -2.36. The predicted molar refractivity (Wildman–Crippen MR) is 76.7 cm³/mol. The van der Waals surface area contributed by atoms with Crippen LogP contribution in [0.2, 0.25) is 0 Å². The van der Waals surface area contributed by atoms with Gasteiger partial charge in [-0.05, 0) is 57.3 Å². The Labute approximate surface area is 115 Å². The molecule has 1 aromatic rings. The Morgan fingerprint density at radius 2 is 2.37 bits per heavy atom. The van der Waals surface area contributed by atoms with Gasteiger partial charge in [-0.25, -0.2) is 4.98 Å². The summed E-state index contributed by atoms with van der Waals surface area (Å²) in [5, 5.41) is 3.34. The Morgan fingerprint density at radius 3 is 3.11 bits per heavy atom. The van der Waals surface area contributed by atoms with E-state index in [1.165, 1.54) is 38.4 Å². The van der Waals surface area contributed by atoms with Gasteiger partial charge in [0.05, 0.1) is 0 Å². The van der Waals surface area contributed by atoms with Crippen LogP contribution in [0.3, 0.4) is 0 Å². The fraction of sp³-hybridized carbons (Fsp3) is 0.667. The average molecular weight is 265 g/mol. The molecule has 1 aliphatic heterocycles. The van der Waals surface area contributed by atoms with Crippen molar-refractivity contribution in [1.82, 2.24) is 9.88 Å². The summed E-state index contributed by atoms with van der Waals surface area (Å²) in [5.74, 6) is 0.832. The molecule has 0 aliphatic carbocycles. The number of nitrogens with zero attached hydrogens (tertiary/aromatic N) is 2. The zero-order valence-corrected chi connectivity index (χ0v) is 11.9. The van der Waals surface area contributed by atoms with Crippen LogP contribution < -0.4 is 5.32 Å². The number of likely N-dealkylation sites (tertiary alicyclic amines) is 1. The van der Waals surface area contributed by atoms with Crippen molar-refractivity contribution in [2.75, 3.05) is 25.0 Å². The molecule has 19 heavy (non-hydrogen) atoms. The lowest BCUT2D eigenvalue weighted by Crippen LogP contribution is -2.42. The van der Waals surface area contributed by atoms with Gasteiger partial charge in [-0.2, -0.15) is 4.39 Å². The number of aromatic nitrogens is 1. The van der Waals surface area contributed by atoms with Gasteiger partial charge in [0.25, 0.3) is 0 Å². The van der Waals surface area contributed by atoms with Gasteiger partial charge in [0.1, 0.15) is 5.82 Å². The molecule has 2 rings (SSSR count). The maximum absolute atomic E-state index is 13.1. The first kappa shape index (κ1) is 14.3. The number of pyridine rings is 1. The van der Waals surface area contributed by atoms with Crippen LogP contribution in [0, 0.1) is 11.9 Å². The standard InChI is InChI=1S/C15H24FN3/c1-3-9-19-10-5-6-13(11-19)12(2)17-15-8-4-7-14(16)18-15/h4,7-8,12-13H,3,5-6,9-11H2,1-2H3,(H,17,18). The second-order valence-corrected chi connectivity index (χ2v) is 5.48. The maximum Gasteiger partial charge on any atom is 0.214 e. The molecular weight excluding hydrogens is 241 g/mol. The quantitative estimate of drug-likeness (QED) is 0.829. The third-order valence-electron chi connectivity index (χ3n) is 3.88. The van der Waals surface area contributed by atoms with E-state index in [1.54, 1.807) is 6.07 Å². The average Bonchev–Trinajstić information content (AvgIpc) is 2.39. The van der Waals surface area contributed by atoms with E-state index in [9.17, 15) is 4.39 Å². The van der Waals surface area contributed by atoms with Crippen molar-refractivity contribution < 1.29 is 4.39 Å². The van der Waals surface area contributed by atoms with E-state index in [4.69, 9.17) is 0 Å². The van der Waals surface area contributed by atoms with Crippen LogP contribution in [-0.4, -0.2) is 35.6 Å². The molecule has 106 valence electrons. The van der Waals surface area contributed by atoms with Gasteiger partial charge in [-0.15, -0.1) is 0 Å². The first-order valence-electron chi connectivity index (χ1n) is 7.30. The zero-order valence-electron chi connectivity index (χ0n) is 11.9. The Balaban J connectivity index is 1.90. The molecule has 1 aromatic heterocycles. The number of hydrogen-bond acceptors (Lipinski definition) is 3. The Bertz CT molecular complexity index is 395. The van der Waals surface area contributed by atoms with E-state index in [-0.39, 0.29) is 0 Å². The largest absolute Gasteiger partial charge is 0.367 e. The van der Waals surface area contributed by atoms with Gasteiger partial charge in [-0.1, -0.05) is 13.0 Å². The third kappa shape index (κ3) is 4.16. The van der Waals surface area contributed by atoms with E-state index in [1.807, 2.05) is 6.07 Å². The minimum Gasteiger partial charge on any atom is -0.367 e. The Kier molecular flexibility index (Phi) is 5.14. The second kappa shape index (κ2) is 6.85. The summed E-state index contributed by atoms with van der Waals surface area (Å²) in [5.41, 5.74) is 0. The number of hydrogen-bond donors (Lipinski definition) is 1. The van der Waals surface area contributed by atoms with Crippen molar-refractivity contribution in [1.29, 1.82) is 0 Å². The van der Waals surface area contributed by atoms with E-state index in [0.717, 1.165) is 6.54 Å². The lowest BCUT2D eigenvalue weighted by molar-refractivity contribution is 0.165. The summed E-state index contributed by atoms with van der Waals surface area (Å²) in [4.78, 5) is 6.41. The molecule has 1 N–H and O–H groups in total. The molecule has 0 bridgehead atoms. The highest BCUT2D eigenvalue weighted by atomic mass is 19.1. The van der Waals surface area contributed by atoms with Crippen LogP contribution in [0.5, 0.6) is 0 Å². The molecule has 0 spiro atoms. The summed E-state index contributed by atoms with van der Waals surface area (Å²) < 4.78 is 13.1. The molecule has 1 saturated heterocycles. The van der Waals surface area contributed by atoms with Crippen molar-refractivity contribution in [3.8, 4) is 0 Å². The van der Waals surface area contributed by atoms with Crippen molar-refractivity contribution in [2.45, 2.75) is 39.2 Å². The number of nitrogens with one attached hydrogen (secondary N) is 1. The lowest BCUT2D eigenvalue weighted by atomic mass is 9.91. The second-order valence-electron chi connectivity index (χ2n) is 5.48. The van der Waals surface area contributed by atoms with Crippen molar-refractivity contribution in [3.63, 3.8) is 0 Å². The van der Waals surface area contributed by atoms with Gasteiger partial charge >= 0.3 is 0 Å². The zero-order chi connectivity index (χ0) is 13.7. The first-order chi connectivity index (χ1) is 9.19. The molecule has 0 aromatic carbocycles.